The van der Waals surface area contributed by atoms with Crippen molar-refractivity contribution in [2.45, 2.75) is 30.6 Å². The molecule has 3 aliphatic rings. The summed E-state index contributed by atoms with van der Waals surface area (Å²) in [5.41, 5.74) is -0.241. The summed E-state index contributed by atoms with van der Waals surface area (Å²) in [6.45, 7) is 0.170. The number of epoxide rings is 1. The van der Waals surface area contributed by atoms with Gasteiger partial charge in [-0.1, -0.05) is 18.2 Å². The highest BCUT2D eigenvalue weighted by Crippen LogP contribution is 2.51. The second kappa shape index (κ2) is 4.17. The smallest absolute Gasteiger partial charge is 0.326 e. The fourth-order valence-electron chi connectivity index (χ4n) is 2.87. The lowest BCUT2D eigenvalue weighted by molar-refractivity contribution is -0.148. The molecule has 1 spiro atoms. The molecule has 7 heteroatoms. The largest absolute Gasteiger partial charge is 0.481 e. The van der Waals surface area contributed by atoms with Crippen molar-refractivity contribution in [3.63, 3.8) is 0 Å². The summed E-state index contributed by atoms with van der Waals surface area (Å²) >= 11 is 0. The summed E-state index contributed by atoms with van der Waals surface area (Å²) in [5.74, 6) is -2.66. The average Bonchev–Trinajstić information content (AvgIpc) is 3.03. The first-order valence-electron chi connectivity index (χ1n) is 6.28. The van der Waals surface area contributed by atoms with Crippen LogP contribution in [-0.4, -0.2) is 57.3 Å². The number of likely N-dealkylation sites (tertiary alicyclic amines) is 1. The fraction of sp³-hybridized carbons (Fsp3) is 0.462. The quantitative estimate of drug-likeness (QED) is 0.674. The molecule has 3 rings (SSSR count). The minimum atomic E-state index is -1.19. The molecule has 2 N–H and O–H groups in total. The molecule has 0 bridgehead atoms. The number of allylic oxidation sites excluding steroid dienone is 2. The number of carbonyl (C=O) groups excluding carboxylic acids is 1. The molecule has 0 aromatic rings. The SMILES string of the molecule is O=C(O)CCC(C(=O)O)N1CC23OC2C=CC=C3C1=O. The molecule has 2 fully saturated rings. The molecular weight excluding hydrogens is 266 g/mol. The van der Waals surface area contributed by atoms with Crippen molar-refractivity contribution < 1.29 is 29.3 Å². The maximum Gasteiger partial charge on any atom is 0.326 e. The maximum absolute atomic E-state index is 12.3. The van der Waals surface area contributed by atoms with Gasteiger partial charge in [0.15, 0.2) is 0 Å². The van der Waals surface area contributed by atoms with Crippen LogP contribution >= 0.6 is 0 Å². The number of aliphatic carboxylic acids is 2. The van der Waals surface area contributed by atoms with Gasteiger partial charge in [0.1, 0.15) is 17.7 Å². The van der Waals surface area contributed by atoms with Crippen molar-refractivity contribution in [2.75, 3.05) is 6.54 Å². The molecule has 2 aliphatic heterocycles. The van der Waals surface area contributed by atoms with E-state index in [9.17, 15) is 19.5 Å². The lowest BCUT2D eigenvalue weighted by Crippen LogP contribution is -2.43. The van der Waals surface area contributed by atoms with Crippen molar-refractivity contribution in [3.05, 3.63) is 23.8 Å². The molecule has 20 heavy (non-hydrogen) atoms. The highest BCUT2D eigenvalue weighted by atomic mass is 16.6. The van der Waals surface area contributed by atoms with Gasteiger partial charge < -0.3 is 19.8 Å². The van der Waals surface area contributed by atoms with E-state index in [4.69, 9.17) is 9.84 Å². The van der Waals surface area contributed by atoms with Gasteiger partial charge in [-0.25, -0.2) is 4.79 Å². The molecule has 1 aliphatic carbocycles. The second-order valence-electron chi connectivity index (χ2n) is 5.11. The number of ether oxygens (including phenoxy) is 1. The monoisotopic (exact) mass is 279 g/mol. The Morgan fingerprint density at radius 1 is 1.50 bits per heavy atom. The lowest BCUT2D eigenvalue weighted by Gasteiger charge is -2.23. The van der Waals surface area contributed by atoms with Crippen LogP contribution in [-0.2, 0) is 19.1 Å². The van der Waals surface area contributed by atoms with Crippen LogP contribution in [0.5, 0.6) is 0 Å². The molecule has 106 valence electrons. The summed E-state index contributed by atoms with van der Waals surface area (Å²) in [7, 11) is 0. The van der Waals surface area contributed by atoms with Crippen molar-refractivity contribution in [1.29, 1.82) is 0 Å². The van der Waals surface area contributed by atoms with Crippen LogP contribution in [0.1, 0.15) is 12.8 Å². The molecule has 2 saturated heterocycles. The van der Waals surface area contributed by atoms with Crippen molar-refractivity contribution >= 4 is 17.8 Å². The van der Waals surface area contributed by atoms with Crippen LogP contribution in [0.3, 0.4) is 0 Å². The second-order valence-corrected chi connectivity index (χ2v) is 5.11. The zero-order valence-corrected chi connectivity index (χ0v) is 10.5. The highest BCUT2D eigenvalue weighted by Gasteiger charge is 2.67. The zero-order chi connectivity index (χ0) is 14.5. The number of carbonyl (C=O) groups is 3. The van der Waals surface area contributed by atoms with Gasteiger partial charge >= 0.3 is 11.9 Å². The number of rotatable bonds is 5. The fourth-order valence-corrected chi connectivity index (χ4v) is 2.87. The Balaban J connectivity index is 1.82. The maximum atomic E-state index is 12.3. The zero-order valence-electron chi connectivity index (χ0n) is 10.5. The molecular formula is C13H13NO6. The van der Waals surface area contributed by atoms with E-state index >= 15 is 0 Å². The minimum Gasteiger partial charge on any atom is -0.481 e. The van der Waals surface area contributed by atoms with Gasteiger partial charge in [0, 0.05) is 6.42 Å². The molecule has 2 heterocycles. The minimum absolute atomic E-state index is 0.113. The van der Waals surface area contributed by atoms with E-state index in [1.807, 2.05) is 6.08 Å². The Morgan fingerprint density at radius 2 is 2.25 bits per heavy atom. The third-order valence-corrected chi connectivity index (χ3v) is 3.93. The lowest BCUT2D eigenvalue weighted by atomic mass is 9.94. The third kappa shape index (κ3) is 1.74. The van der Waals surface area contributed by atoms with E-state index in [-0.39, 0.29) is 31.4 Å². The van der Waals surface area contributed by atoms with E-state index < -0.39 is 23.6 Å². The predicted octanol–water partition coefficient (Wildman–Crippen LogP) is -0.220. The Labute approximate surface area is 114 Å². The Hall–Kier alpha value is -2.15. The van der Waals surface area contributed by atoms with E-state index in [1.165, 1.54) is 4.90 Å². The Morgan fingerprint density at radius 3 is 2.85 bits per heavy atom. The van der Waals surface area contributed by atoms with Gasteiger partial charge in [0.25, 0.3) is 5.91 Å². The van der Waals surface area contributed by atoms with E-state index in [1.54, 1.807) is 12.2 Å². The molecule has 1 amide bonds. The predicted molar refractivity (Wildman–Crippen MR) is 64.8 cm³/mol. The van der Waals surface area contributed by atoms with E-state index in [2.05, 4.69) is 0 Å². The molecule has 0 aromatic heterocycles. The van der Waals surface area contributed by atoms with Crippen molar-refractivity contribution in [2.24, 2.45) is 0 Å². The molecule has 3 atom stereocenters. The summed E-state index contributed by atoms with van der Waals surface area (Å²) in [6, 6.07) is -1.13. The number of carboxylic acid groups (broad SMARTS) is 2. The molecule has 0 aromatic carbocycles. The van der Waals surface area contributed by atoms with Crippen LogP contribution in [0.2, 0.25) is 0 Å². The topological polar surface area (TPSA) is 107 Å². The number of amides is 1. The first-order chi connectivity index (χ1) is 9.45. The summed E-state index contributed by atoms with van der Waals surface area (Å²) in [4.78, 5) is 35.4. The van der Waals surface area contributed by atoms with E-state index in [0.29, 0.717) is 5.57 Å². The van der Waals surface area contributed by atoms with E-state index in [0.717, 1.165) is 0 Å². The Kier molecular flexibility index (Phi) is 2.68. The number of hydrogen-bond donors (Lipinski definition) is 2. The molecule has 3 unspecified atom stereocenters. The standard InChI is InChI=1S/C13H13NO6/c15-10(16)5-4-8(12(18)19)14-6-13-7(11(14)17)2-1-3-9(13)20-13/h1-3,8-9H,4-6H2,(H,15,16)(H,18,19). The van der Waals surface area contributed by atoms with Crippen LogP contribution in [0, 0.1) is 0 Å². The summed E-state index contributed by atoms with van der Waals surface area (Å²) < 4.78 is 5.52. The van der Waals surface area contributed by atoms with Gasteiger partial charge in [-0.15, -0.1) is 0 Å². The summed E-state index contributed by atoms with van der Waals surface area (Å²) in [5, 5.41) is 17.9. The number of carboxylic acids is 2. The van der Waals surface area contributed by atoms with Crippen molar-refractivity contribution in [1.82, 2.24) is 4.90 Å². The first kappa shape index (κ1) is 12.9. The van der Waals surface area contributed by atoms with Crippen LogP contribution < -0.4 is 0 Å². The van der Waals surface area contributed by atoms with Gasteiger partial charge in [-0.2, -0.15) is 0 Å². The number of nitrogens with zero attached hydrogens (tertiary/aromatic N) is 1. The third-order valence-electron chi connectivity index (χ3n) is 3.93. The molecule has 7 nitrogen and oxygen atoms in total. The van der Waals surface area contributed by atoms with Crippen LogP contribution in [0.15, 0.2) is 23.8 Å². The summed E-state index contributed by atoms with van der Waals surface area (Å²) in [6.07, 6.45) is 4.60. The van der Waals surface area contributed by atoms with Crippen molar-refractivity contribution in [3.8, 4) is 0 Å². The van der Waals surface area contributed by atoms with Gasteiger partial charge in [-0.3, -0.25) is 9.59 Å². The highest BCUT2D eigenvalue weighted by molar-refractivity contribution is 6.02. The van der Waals surface area contributed by atoms with Gasteiger partial charge in [-0.05, 0) is 6.42 Å². The average molecular weight is 279 g/mol. The van der Waals surface area contributed by atoms with Crippen LogP contribution in [0.25, 0.3) is 0 Å². The first-order valence-corrected chi connectivity index (χ1v) is 6.28. The molecule has 0 saturated carbocycles. The normalized spacial score (nSPS) is 31.4. The molecule has 0 radical (unpaired) electrons. The van der Waals surface area contributed by atoms with Gasteiger partial charge in [0.05, 0.1) is 12.1 Å². The van der Waals surface area contributed by atoms with Crippen LogP contribution in [0.4, 0.5) is 0 Å². The van der Waals surface area contributed by atoms with Gasteiger partial charge in [0.2, 0.25) is 0 Å². The Bertz CT molecular complexity index is 565. The number of hydrogen-bond acceptors (Lipinski definition) is 4.